The fourth-order valence-electron chi connectivity index (χ4n) is 2.63. The molecule has 2 heterocycles. The average molecular weight is 311 g/mol. The van der Waals surface area contributed by atoms with Gasteiger partial charge >= 0.3 is 0 Å². The largest absolute Gasteiger partial charge is 0.442 e. The Morgan fingerprint density at radius 1 is 1.30 bits per heavy atom. The molecule has 3 rings (SSSR count). The van der Waals surface area contributed by atoms with Crippen LogP contribution in [0, 0.1) is 6.92 Å². The summed E-state index contributed by atoms with van der Waals surface area (Å²) in [6.07, 6.45) is 1.39. The fourth-order valence-corrected chi connectivity index (χ4v) is 2.63. The molecule has 0 saturated heterocycles. The molecule has 0 bridgehead atoms. The number of aryl methyl sites for hydroxylation is 2. The monoisotopic (exact) mass is 311 g/mol. The molecule has 0 unspecified atom stereocenters. The lowest BCUT2D eigenvalue weighted by atomic mass is 10.1. The Morgan fingerprint density at radius 3 is 2.65 bits per heavy atom. The molecule has 0 N–H and O–H groups in total. The van der Waals surface area contributed by atoms with Crippen LogP contribution in [0.2, 0.25) is 0 Å². The van der Waals surface area contributed by atoms with Crippen LogP contribution in [0.25, 0.3) is 11.1 Å². The molecule has 0 aliphatic carbocycles. The smallest absolute Gasteiger partial charge is 0.265 e. The van der Waals surface area contributed by atoms with Gasteiger partial charge in [0.25, 0.3) is 11.5 Å². The average Bonchev–Trinajstić information content (AvgIpc) is 2.89. The quantitative estimate of drug-likeness (QED) is 0.745. The van der Waals surface area contributed by atoms with Crippen LogP contribution in [0.5, 0.6) is 0 Å². The molecule has 23 heavy (non-hydrogen) atoms. The Morgan fingerprint density at radius 2 is 2.00 bits per heavy atom. The molecule has 0 fully saturated rings. The van der Waals surface area contributed by atoms with E-state index in [4.69, 9.17) is 4.42 Å². The van der Waals surface area contributed by atoms with Gasteiger partial charge in [0.05, 0.1) is 5.56 Å². The number of hydrogen-bond acceptors (Lipinski definition) is 4. The molecule has 0 atom stereocenters. The van der Waals surface area contributed by atoms with E-state index in [2.05, 4.69) is 4.98 Å². The third-order valence-electron chi connectivity index (χ3n) is 3.79. The fraction of sp³-hybridized carbons (Fsp3) is 0.235. The Kier molecular flexibility index (Phi) is 3.73. The number of hydrogen-bond donors (Lipinski definition) is 0. The van der Waals surface area contributed by atoms with Crippen LogP contribution < -0.4 is 10.5 Å². The van der Waals surface area contributed by atoms with Crippen LogP contribution in [0.1, 0.15) is 23.0 Å². The molecule has 0 spiro atoms. The minimum atomic E-state index is -0.292. The Hall–Kier alpha value is -2.89. The van der Waals surface area contributed by atoms with Crippen molar-refractivity contribution in [2.75, 3.05) is 11.4 Å². The first-order valence-corrected chi connectivity index (χ1v) is 7.36. The standard InChI is InChI=1S/C17H17N3O3/c1-4-20(12-8-6-5-7-9-12)17(22)13-11(2)23-15-14(13)16(21)19(3)10-18-15/h5-10H,4H2,1-3H3. The van der Waals surface area contributed by atoms with Gasteiger partial charge < -0.3 is 13.9 Å². The molecule has 0 saturated carbocycles. The van der Waals surface area contributed by atoms with Gasteiger partial charge in [-0.05, 0) is 26.0 Å². The predicted molar refractivity (Wildman–Crippen MR) is 87.8 cm³/mol. The molecule has 2 aromatic heterocycles. The molecule has 6 nitrogen and oxygen atoms in total. The zero-order valence-electron chi connectivity index (χ0n) is 13.2. The van der Waals surface area contributed by atoms with Crippen LogP contribution >= 0.6 is 0 Å². The van der Waals surface area contributed by atoms with E-state index >= 15 is 0 Å². The maximum atomic E-state index is 13.0. The number of rotatable bonds is 3. The number of aromatic nitrogens is 2. The molecule has 0 aliphatic rings. The highest BCUT2D eigenvalue weighted by Crippen LogP contribution is 2.25. The number of amides is 1. The first-order chi connectivity index (χ1) is 11.0. The number of benzene rings is 1. The van der Waals surface area contributed by atoms with E-state index in [9.17, 15) is 9.59 Å². The van der Waals surface area contributed by atoms with Gasteiger partial charge in [0.15, 0.2) is 0 Å². The topological polar surface area (TPSA) is 68.3 Å². The van der Waals surface area contributed by atoms with Crippen LogP contribution in [0.15, 0.2) is 45.9 Å². The van der Waals surface area contributed by atoms with E-state index in [0.29, 0.717) is 12.3 Å². The zero-order valence-corrected chi connectivity index (χ0v) is 13.2. The molecular weight excluding hydrogens is 294 g/mol. The van der Waals surface area contributed by atoms with E-state index in [0.717, 1.165) is 5.69 Å². The SMILES string of the molecule is CCN(C(=O)c1c(C)oc2ncn(C)c(=O)c12)c1ccccc1. The molecule has 0 aliphatic heterocycles. The highest BCUT2D eigenvalue weighted by atomic mass is 16.3. The summed E-state index contributed by atoms with van der Waals surface area (Å²) in [7, 11) is 1.60. The van der Waals surface area contributed by atoms with Crippen molar-refractivity contribution in [3.05, 3.63) is 58.3 Å². The second kappa shape index (κ2) is 5.72. The van der Waals surface area contributed by atoms with Crippen LogP contribution in [0.4, 0.5) is 5.69 Å². The molecule has 1 aromatic carbocycles. The van der Waals surface area contributed by atoms with Crippen LogP contribution in [-0.4, -0.2) is 22.0 Å². The molecule has 6 heteroatoms. The van der Waals surface area contributed by atoms with Crippen molar-refractivity contribution < 1.29 is 9.21 Å². The lowest BCUT2D eigenvalue weighted by Crippen LogP contribution is -2.32. The maximum absolute atomic E-state index is 13.0. The van der Waals surface area contributed by atoms with Crippen molar-refractivity contribution in [2.45, 2.75) is 13.8 Å². The summed E-state index contributed by atoms with van der Waals surface area (Å²) in [6, 6.07) is 9.34. The Balaban J connectivity index is 2.20. The summed E-state index contributed by atoms with van der Waals surface area (Å²) >= 11 is 0. The predicted octanol–water partition coefficient (Wildman–Crippen LogP) is 2.50. The number of carbonyl (C=O) groups excluding carboxylic acids is 1. The number of fused-ring (bicyclic) bond motifs is 1. The van der Waals surface area contributed by atoms with E-state index in [1.165, 1.54) is 10.9 Å². The van der Waals surface area contributed by atoms with Crippen LogP contribution in [-0.2, 0) is 7.05 Å². The van der Waals surface area contributed by atoms with E-state index in [1.54, 1.807) is 18.9 Å². The number of nitrogens with zero attached hydrogens (tertiary/aromatic N) is 3. The van der Waals surface area contributed by atoms with Gasteiger partial charge in [-0.3, -0.25) is 9.59 Å². The number of para-hydroxylation sites is 1. The lowest BCUT2D eigenvalue weighted by molar-refractivity contribution is 0.0988. The van der Waals surface area contributed by atoms with Crippen molar-refractivity contribution in [2.24, 2.45) is 7.05 Å². The van der Waals surface area contributed by atoms with Gasteiger partial charge in [-0.1, -0.05) is 18.2 Å². The van der Waals surface area contributed by atoms with Crippen molar-refractivity contribution >= 4 is 22.7 Å². The third-order valence-corrected chi connectivity index (χ3v) is 3.79. The van der Waals surface area contributed by atoms with Crippen LogP contribution in [0.3, 0.4) is 0 Å². The number of furan rings is 1. The highest BCUT2D eigenvalue weighted by molar-refractivity contribution is 6.13. The number of anilines is 1. The maximum Gasteiger partial charge on any atom is 0.265 e. The summed E-state index contributed by atoms with van der Waals surface area (Å²) in [6.45, 7) is 4.04. The first kappa shape index (κ1) is 15.0. The van der Waals surface area contributed by atoms with Gasteiger partial charge in [-0.2, -0.15) is 0 Å². The Labute approximate surface area is 133 Å². The molecule has 0 radical (unpaired) electrons. The second-order valence-electron chi connectivity index (χ2n) is 5.26. The van der Waals surface area contributed by atoms with Gasteiger partial charge in [0.1, 0.15) is 17.5 Å². The van der Waals surface area contributed by atoms with Gasteiger partial charge in [-0.15, -0.1) is 0 Å². The summed E-state index contributed by atoms with van der Waals surface area (Å²) in [4.78, 5) is 31.1. The zero-order chi connectivity index (χ0) is 16.6. The molecular formula is C17H17N3O3. The first-order valence-electron chi connectivity index (χ1n) is 7.36. The summed E-state index contributed by atoms with van der Waals surface area (Å²) in [5.74, 6) is 0.134. The molecule has 1 amide bonds. The normalized spacial score (nSPS) is 10.9. The minimum absolute atomic E-state index is 0.193. The minimum Gasteiger partial charge on any atom is -0.442 e. The van der Waals surface area contributed by atoms with E-state index < -0.39 is 0 Å². The molecule has 3 aromatic rings. The highest BCUT2D eigenvalue weighted by Gasteiger charge is 2.26. The van der Waals surface area contributed by atoms with Crippen molar-refractivity contribution in [1.82, 2.24) is 9.55 Å². The summed E-state index contributed by atoms with van der Waals surface area (Å²) in [5.41, 5.74) is 0.950. The molecule has 118 valence electrons. The van der Waals surface area contributed by atoms with E-state index in [1.807, 2.05) is 37.3 Å². The summed E-state index contributed by atoms with van der Waals surface area (Å²) < 4.78 is 6.85. The lowest BCUT2D eigenvalue weighted by Gasteiger charge is -2.20. The van der Waals surface area contributed by atoms with Crippen molar-refractivity contribution in [3.8, 4) is 0 Å². The Bertz CT molecular complexity index is 925. The third kappa shape index (κ3) is 2.42. The van der Waals surface area contributed by atoms with Gasteiger partial charge in [0, 0.05) is 19.3 Å². The second-order valence-corrected chi connectivity index (χ2v) is 5.26. The van der Waals surface area contributed by atoms with Gasteiger partial charge in [0.2, 0.25) is 5.71 Å². The summed E-state index contributed by atoms with van der Waals surface area (Å²) in [5, 5.41) is 0.229. The van der Waals surface area contributed by atoms with Crippen molar-refractivity contribution in [1.29, 1.82) is 0 Å². The van der Waals surface area contributed by atoms with E-state index in [-0.39, 0.29) is 28.1 Å². The van der Waals surface area contributed by atoms with Crippen molar-refractivity contribution in [3.63, 3.8) is 0 Å². The van der Waals surface area contributed by atoms with Gasteiger partial charge in [-0.25, -0.2) is 4.98 Å². The number of carbonyl (C=O) groups is 1.